The molecular weight excluding hydrogens is 216 g/mol. The lowest BCUT2D eigenvalue weighted by molar-refractivity contribution is -0.130. The Morgan fingerprint density at radius 3 is 1.81 bits per heavy atom. The lowest BCUT2D eigenvalue weighted by Gasteiger charge is -2.26. The molecule has 0 amide bonds. The molecular formula is C13H30O2Si. The van der Waals surface area contributed by atoms with Crippen molar-refractivity contribution in [2.75, 3.05) is 0 Å². The molecule has 0 aromatic rings. The minimum Gasteiger partial charge on any atom is -0.404 e. The van der Waals surface area contributed by atoms with Crippen LogP contribution < -0.4 is 0 Å². The molecule has 1 unspecified atom stereocenters. The number of hydrogen-bond acceptors (Lipinski definition) is 2. The van der Waals surface area contributed by atoms with Crippen LogP contribution in [-0.2, 0) is 9.16 Å². The Bertz CT molecular complexity index is 150. The summed E-state index contributed by atoms with van der Waals surface area (Å²) in [6.45, 7) is 11.2. The van der Waals surface area contributed by atoms with Crippen LogP contribution in [0.1, 0.15) is 60.3 Å². The first-order valence-electron chi connectivity index (χ1n) is 6.67. The Balaban J connectivity index is 4.15. The van der Waals surface area contributed by atoms with E-state index in [0.29, 0.717) is 17.9 Å². The highest BCUT2D eigenvalue weighted by molar-refractivity contribution is 5.98. The fourth-order valence-corrected chi connectivity index (χ4v) is 2.30. The quantitative estimate of drug-likeness (QED) is 0.460. The van der Waals surface area contributed by atoms with E-state index in [9.17, 15) is 0 Å². The van der Waals surface area contributed by atoms with Gasteiger partial charge in [0.2, 0.25) is 0 Å². The average Bonchev–Trinajstić information content (AvgIpc) is 2.14. The normalized spacial score (nSPS) is 14.2. The van der Waals surface area contributed by atoms with Gasteiger partial charge >= 0.3 is 0 Å². The third kappa shape index (κ3) is 8.31. The first kappa shape index (κ1) is 16.1. The van der Waals surface area contributed by atoms with Crippen LogP contribution in [0.5, 0.6) is 0 Å². The van der Waals surface area contributed by atoms with Gasteiger partial charge in [-0.3, -0.25) is 0 Å². The van der Waals surface area contributed by atoms with Crippen molar-refractivity contribution < 1.29 is 9.16 Å². The molecule has 16 heavy (non-hydrogen) atoms. The van der Waals surface area contributed by atoms with Gasteiger partial charge in [-0.2, -0.15) is 0 Å². The van der Waals surface area contributed by atoms with Crippen LogP contribution in [0, 0.1) is 11.8 Å². The molecule has 0 rings (SSSR count). The van der Waals surface area contributed by atoms with Gasteiger partial charge in [-0.1, -0.05) is 41.0 Å². The van der Waals surface area contributed by atoms with E-state index < -0.39 is 0 Å². The largest absolute Gasteiger partial charge is 0.404 e. The molecule has 0 aromatic heterocycles. The predicted molar refractivity (Wildman–Crippen MR) is 73.5 cm³/mol. The van der Waals surface area contributed by atoms with Gasteiger partial charge in [0.25, 0.3) is 0 Å². The summed E-state index contributed by atoms with van der Waals surface area (Å²) < 4.78 is 11.6. The molecule has 2 nitrogen and oxygen atoms in total. The van der Waals surface area contributed by atoms with Gasteiger partial charge in [-0.15, -0.1) is 0 Å². The molecule has 0 bridgehead atoms. The Labute approximate surface area is 105 Å². The van der Waals surface area contributed by atoms with Crippen LogP contribution in [0.4, 0.5) is 0 Å². The number of hydrogen-bond donors (Lipinski definition) is 0. The second-order valence-corrected chi connectivity index (χ2v) is 5.94. The second kappa shape index (κ2) is 9.20. The van der Waals surface area contributed by atoms with E-state index in [2.05, 4.69) is 34.6 Å². The molecule has 0 saturated heterocycles. The summed E-state index contributed by atoms with van der Waals surface area (Å²) in [7, 11) is 0.764. The van der Waals surface area contributed by atoms with Crippen LogP contribution in [0.15, 0.2) is 0 Å². The standard InChI is InChI=1S/C13H30O2Si/c1-6-7-13(15-16)14-12(8-10(2)3)9-11(4)5/h10-13H,6-9H2,1-5,16H3. The van der Waals surface area contributed by atoms with Crippen molar-refractivity contribution >= 4 is 10.5 Å². The Hall–Kier alpha value is 0.137. The topological polar surface area (TPSA) is 18.5 Å². The molecule has 0 saturated carbocycles. The molecule has 0 aliphatic heterocycles. The first-order chi connectivity index (χ1) is 7.49. The Morgan fingerprint density at radius 2 is 1.50 bits per heavy atom. The smallest absolute Gasteiger partial charge is 0.149 e. The molecule has 0 radical (unpaired) electrons. The van der Waals surface area contributed by atoms with E-state index >= 15 is 0 Å². The summed E-state index contributed by atoms with van der Waals surface area (Å²) in [5, 5.41) is 0. The monoisotopic (exact) mass is 246 g/mol. The fourth-order valence-electron chi connectivity index (χ4n) is 1.95. The maximum atomic E-state index is 6.07. The summed E-state index contributed by atoms with van der Waals surface area (Å²) in [4.78, 5) is 0. The summed E-state index contributed by atoms with van der Waals surface area (Å²) in [5.74, 6) is 1.39. The SMILES string of the molecule is CCCC(O[SiH3])OC(CC(C)C)CC(C)C. The number of rotatable bonds is 9. The highest BCUT2D eigenvalue weighted by Crippen LogP contribution is 2.19. The van der Waals surface area contributed by atoms with E-state index in [-0.39, 0.29) is 6.29 Å². The third-order valence-corrected chi connectivity index (χ3v) is 3.13. The van der Waals surface area contributed by atoms with Gasteiger partial charge in [-0.05, 0) is 31.1 Å². The summed E-state index contributed by atoms with van der Waals surface area (Å²) in [5.41, 5.74) is 0. The van der Waals surface area contributed by atoms with Crippen molar-refractivity contribution in [1.29, 1.82) is 0 Å². The molecule has 0 aliphatic rings. The minimum absolute atomic E-state index is 0.0409. The lowest BCUT2D eigenvalue weighted by Crippen LogP contribution is -2.26. The molecule has 98 valence electrons. The average molecular weight is 246 g/mol. The van der Waals surface area contributed by atoms with E-state index in [1.165, 1.54) is 0 Å². The zero-order valence-corrected chi connectivity index (χ0v) is 14.0. The van der Waals surface area contributed by atoms with Gasteiger partial charge in [0.1, 0.15) is 16.8 Å². The highest BCUT2D eigenvalue weighted by Gasteiger charge is 2.17. The van der Waals surface area contributed by atoms with Gasteiger partial charge in [0.05, 0.1) is 6.10 Å². The van der Waals surface area contributed by atoms with Gasteiger partial charge in [-0.25, -0.2) is 0 Å². The molecule has 0 heterocycles. The molecule has 0 N–H and O–H groups in total. The van der Waals surface area contributed by atoms with Crippen LogP contribution >= 0.6 is 0 Å². The van der Waals surface area contributed by atoms with Crippen molar-refractivity contribution in [2.45, 2.75) is 72.7 Å². The van der Waals surface area contributed by atoms with Gasteiger partial charge in [0, 0.05) is 0 Å². The van der Waals surface area contributed by atoms with Crippen molar-refractivity contribution in [1.82, 2.24) is 0 Å². The van der Waals surface area contributed by atoms with Crippen LogP contribution in [0.25, 0.3) is 0 Å². The van der Waals surface area contributed by atoms with Gasteiger partial charge < -0.3 is 9.16 Å². The Kier molecular flexibility index (Phi) is 9.28. The second-order valence-electron chi connectivity index (χ2n) is 5.47. The van der Waals surface area contributed by atoms with Crippen LogP contribution in [0.3, 0.4) is 0 Å². The van der Waals surface area contributed by atoms with Crippen LogP contribution in [0.2, 0.25) is 0 Å². The van der Waals surface area contributed by atoms with E-state index in [1.54, 1.807) is 0 Å². The van der Waals surface area contributed by atoms with E-state index in [1.807, 2.05) is 0 Å². The van der Waals surface area contributed by atoms with Crippen molar-refractivity contribution in [3.8, 4) is 0 Å². The predicted octanol–water partition coefficient (Wildman–Crippen LogP) is 2.89. The van der Waals surface area contributed by atoms with Crippen molar-refractivity contribution in [2.24, 2.45) is 11.8 Å². The molecule has 3 heteroatoms. The summed E-state index contributed by atoms with van der Waals surface area (Å²) in [6.07, 6.45) is 4.84. The molecule has 0 spiro atoms. The zero-order chi connectivity index (χ0) is 12.6. The molecule has 1 atom stereocenters. The first-order valence-corrected chi connectivity index (χ1v) is 7.49. The maximum Gasteiger partial charge on any atom is 0.149 e. The lowest BCUT2D eigenvalue weighted by atomic mass is 9.98. The molecule has 0 aliphatic carbocycles. The summed E-state index contributed by atoms with van der Waals surface area (Å²) in [6, 6.07) is 0. The summed E-state index contributed by atoms with van der Waals surface area (Å²) >= 11 is 0. The van der Waals surface area contributed by atoms with E-state index in [0.717, 1.165) is 36.2 Å². The van der Waals surface area contributed by atoms with E-state index in [4.69, 9.17) is 9.16 Å². The van der Waals surface area contributed by atoms with Crippen molar-refractivity contribution in [3.05, 3.63) is 0 Å². The molecule has 0 aromatic carbocycles. The van der Waals surface area contributed by atoms with Crippen molar-refractivity contribution in [3.63, 3.8) is 0 Å². The number of ether oxygens (including phenoxy) is 1. The molecule has 0 fully saturated rings. The van der Waals surface area contributed by atoms with Crippen LogP contribution in [-0.4, -0.2) is 22.9 Å². The Morgan fingerprint density at radius 1 is 1.00 bits per heavy atom. The highest BCUT2D eigenvalue weighted by atomic mass is 28.2. The fraction of sp³-hybridized carbons (Fsp3) is 1.00. The van der Waals surface area contributed by atoms with Gasteiger partial charge in [0.15, 0.2) is 0 Å². The zero-order valence-electron chi connectivity index (χ0n) is 12.0. The minimum atomic E-state index is 0.0409. The third-order valence-electron chi connectivity index (χ3n) is 2.60. The maximum absolute atomic E-state index is 6.07.